The fourth-order valence-corrected chi connectivity index (χ4v) is 2.42. The molecule has 2 nitrogen and oxygen atoms in total. The first-order valence-corrected chi connectivity index (χ1v) is 5.44. The van der Waals surface area contributed by atoms with Gasteiger partial charge in [0, 0.05) is 18.1 Å². The molecule has 2 aliphatic heterocycles. The molecule has 0 unspecified atom stereocenters. The molecule has 0 saturated carbocycles. The molecule has 1 aromatic carbocycles. The lowest BCUT2D eigenvalue weighted by Gasteiger charge is -2.19. The van der Waals surface area contributed by atoms with Crippen LogP contribution in [0.15, 0.2) is 36.1 Å². The number of nitrogens with zero attached hydrogens (tertiary/aromatic N) is 1. The second kappa shape index (κ2) is 3.23. The number of hydrogen-bond acceptors (Lipinski definition) is 1. The predicted molar refractivity (Wildman–Crippen MR) is 59.6 cm³/mol. The Balaban J connectivity index is 2.17. The summed E-state index contributed by atoms with van der Waals surface area (Å²) in [4.78, 5) is 0. The fraction of sp³-hybridized carbons (Fsp3) is 0.308. The first-order chi connectivity index (χ1) is 7.34. The SMILES string of the molecule is OC1=CC2=[N+](CC1)CCc1ccccc12. The fourth-order valence-electron chi connectivity index (χ4n) is 2.42. The summed E-state index contributed by atoms with van der Waals surface area (Å²) >= 11 is 0. The highest BCUT2D eigenvalue weighted by molar-refractivity contribution is 6.07. The molecule has 2 heterocycles. The highest BCUT2D eigenvalue weighted by atomic mass is 16.3. The van der Waals surface area contributed by atoms with Gasteiger partial charge >= 0.3 is 0 Å². The number of allylic oxidation sites excluding steroid dienone is 1. The third-order valence-electron chi connectivity index (χ3n) is 3.23. The van der Waals surface area contributed by atoms with Crippen molar-refractivity contribution in [2.75, 3.05) is 13.1 Å². The molecule has 0 atom stereocenters. The second-order valence-corrected chi connectivity index (χ2v) is 4.17. The normalized spacial score (nSPS) is 19.3. The van der Waals surface area contributed by atoms with Crippen LogP contribution in [0.5, 0.6) is 0 Å². The Labute approximate surface area is 89.2 Å². The van der Waals surface area contributed by atoms with Crippen molar-refractivity contribution >= 4 is 5.71 Å². The van der Waals surface area contributed by atoms with E-state index in [0.717, 1.165) is 25.9 Å². The maximum Gasteiger partial charge on any atom is 0.210 e. The van der Waals surface area contributed by atoms with E-state index in [1.54, 1.807) is 0 Å². The Kier molecular flexibility index (Phi) is 1.88. The third-order valence-corrected chi connectivity index (χ3v) is 3.23. The molecule has 0 bridgehead atoms. The maximum absolute atomic E-state index is 9.59. The van der Waals surface area contributed by atoms with Crippen molar-refractivity contribution in [3.63, 3.8) is 0 Å². The van der Waals surface area contributed by atoms with Crippen LogP contribution in [0, 0.1) is 0 Å². The smallest absolute Gasteiger partial charge is 0.210 e. The van der Waals surface area contributed by atoms with Crippen molar-refractivity contribution in [1.29, 1.82) is 0 Å². The minimum Gasteiger partial charge on any atom is -0.512 e. The van der Waals surface area contributed by atoms with E-state index in [0.29, 0.717) is 5.76 Å². The number of benzene rings is 1. The summed E-state index contributed by atoms with van der Waals surface area (Å²) in [5.74, 6) is 0.512. The highest BCUT2D eigenvalue weighted by Crippen LogP contribution is 2.20. The molecular formula is C13H14NO+. The average Bonchev–Trinajstić information content (AvgIpc) is 2.29. The predicted octanol–water partition coefficient (Wildman–Crippen LogP) is 1.89. The Morgan fingerprint density at radius 3 is 2.80 bits per heavy atom. The molecule has 0 aromatic heterocycles. The first kappa shape index (κ1) is 8.72. The summed E-state index contributed by atoms with van der Waals surface area (Å²) in [5, 5.41) is 9.59. The van der Waals surface area contributed by atoms with Crippen molar-refractivity contribution in [1.82, 2.24) is 0 Å². The molecule has 0 saturated heterocycles. The lowest BCUT2D eigenvalue weighted by atomic mass is 9.94. The number of rotatable bonds is 0. The zero-order chi connectivity index (χ0) is 10.3. The van der Waals surface area contributed by atoms with Crippen LogP contribution in [0.2, 0.25) is 0 Å². The third kappa shape index (κ3) is 1.37. The van der Waals surface area contributed by atoms with Crippen LogP contribution in [0.1, 0.15) is 17.5 Å². The summed E-state index contributed by atoms with van der Waals surface area (Å²) in [6.45, 7) is 2.03. The molecule has 1 N–H and O–H groups in total. The van der Waals surface area contributed by atoms with Gasteiger partial charge in [0.2, 0.25) is 5.71 Å². The Bertz CT molecular complexity index is 471. The van der Waals surface area contributed by atoms with Gasteiger partial charge in [-0.3, -0.25) is 0 Å². The summed E-state index contributed by atoms with van der Waals surface area (Å²) in [6, 6.07) is 8.47. The van der Waals surface area contributed by atoms with E-state index in [-0.39, 0.29) is 0 Å². The van der Waals surface area contributed by atoms with Crippen molar-refractivity contribution in [2.24, 2.45) is 0 Å². The van der Waals surface area contributed by atoms with E-state index < -0.39 is 0 Å². The van der Waals surface area contributed by atoms with Crippen LogP contribution in [0.3, 0.4) is 0 Å². The van der Waals surface area contributed by atoms with Crippen LogP contribution in [-0.2, 0) is 6.42 Å². The number of hydrogen-bond donors (Lipinski definition) is 1. The topological polar surface area (TPSA) is 23.2 Å². The average molecular weight is 200 g/mol. The molecule has 76 valence electrons. The van der Waals surface area contributed by atoms with Gasteiger partial charge in [0.15, 0.2) is 6.54 Å². The van der Waals surface area contributed by atoms with Gasteiger partial charge < -0.3 is 5.11 Å². The largest absolute Gasteiger partial charge is 0.512 e. The maximum atomic E-state index is 9.59. The van der Waals surface area contributed by atoms with Crippen LogP contribution in [0.25, 0.3) is 0 Å². The molecule has 0 fully saturated rings. The Morgan fingerprint density at radius 1 is 1.07 bits per heavy atom. The molecule has 0 spiro atoms. The summed E-state index contributed by atoms with van der Waals surface area (Å²) < 4.78 is 2.36. The number of aliphatic hydroxyl groups is 1. The van der Waals surface area contributed by atoms with E-state index in [1.165, 1.54) is 16.8 Å². The van der Waals surface area contributed by atoms with Crippen molar-refractivity contribution in [3.05, 3.63) is 47.2 Å². The van der Waals surface area contributed by atoms with E-state index >= 15 is 0 Å². The van der Waals surface area contributed by atoms with Crippen molar-refractivity contribution < 1.29 is 9.68 Å². The highest BCUT2D eigenvalue weighted by Gasteiger charge is 2.26. The molecule has 0 aliphatic carbocycles. The van der Waals surface area contributed by atoms with Gasteiger partial charge in [-0.2, -0.15) is 0 Å². The van der Waals surface area contributed by atoms with Gasteiger partial charge in [-0.25, -0.2) is 4.58 Å². The van der Waals surface area contributed by atoms with Gasteiger partial charge in [-0.15, -0.1) is 0 Å². The minimum absolute atomic E-state index is 0.512. The molecule has 0 radical (unpaired) electrons. The summed E-state index contributed by atoms with van der Waals surface area (Å²) in [5.41, 5.74) is 3.88. The van der Waals surface area contributed by atoms with Crippen molar-refractivity contribution in [3.8, 4) is 0 Å². The lowest BCUT2D eigenvalue weighted by Crippen LogP contribution is -2.32. The number of fused-ring (bicyclic) bond motifs is 2. The number of aliphatic hydroxyl groups excluding tert-OH is 1. The standard InChI is InChI=1S/C13H13NO/c15-11-6-8-14-7-5-10-3-1-2-4-12(10)13(14)9-11/h1-4,9H,5-8H2/p+1. The van der Waals surface area contributed by atoms with Gasteiger partial charge in [0.25, 0.3) is 0 Å². The quantitative estimate of drug-likeness (QED) is 0.635. The molecule has 0 amide bonds. The molecule has 15 heavy (non-hydrogen) atoms. The van der Waals surface area contributed by atoms with Crippen LogP contribution in [-0.4, -0.2) is 28.5 Å². The molecule has 3 rings (SSSR count). The van der Waals surface area contributed by atoms with Crippen LogP contribution >= 0.6 is 0 Å². The lowest BCUT2D eigenvalue weighted by molar-refractivity contribution is -0.529. The zero-order valence-electron chi connectivity index (χ0n) is 8.61. The summed E-state index contributed by atoms with van der Waals surface area (Å²) in [7, 11) is 0. The zero-order valence-corrected chi connectivity index (χ0v) is 8.61. The Hall–Kier alpha value is -1.57. The molecule has 2 aliphatic rings. The Morgan fingerprint density at radius 2 is 1.87 bits per heavy atom. The first-order valence-electron chi connectivity index (χ1n) is 5.44. The van der Waals surface area contributed by atoms with E-state index in [1.807, 2.05) is 6.08 Å². The second-order valence-electron chi connectivity index (χ2n) is 4.17. The molecule has 1 aromatic rings. The van der Waals surface area contributed by atoms with Crippen LogP contribution < -0.4 is 0 Å². The van der Waals surface area contributed by atoms with E-state index in [4.69, 9.17) is 0 Å². The van der Waals surface area contributed by atoms with Gasteiger partial charge in [-0.1, -0.05) is 18.2 Å². The van der Waals surface area contributed by atoms with Gasteiger partial charge in [0.1, 0.15) is 12.3 Å². The van der Waals surface area contributed by atoms with Crippen molar-refractivity contribution in [2.45, 2.75) is 12.8 Å². The van der Waals surface area contributed by atoms with Gasteiger partial charge in [0.05, 0.1) is 6.42 Å². The molecular weight excluding hydrogens is 186 g/mol. The summed E-state index contributed by atoms with van der Waals surface area (Å²) in [6.07, 6.45) is 3.82. The van der Waals surface area contributed by atoms with Crippen LogP contribution in [0.4, 0.5) is 0 Å². The van der Waals surface area contributed by atoms with Gasteiger partial charge in [-0.05, 0) is 11.6 Å². The monoisotopic (exact) mass is 200 g/mol. The molecule has 2 heteroatoms. The van der Waals surface area contributed by atoms with E-state index in [9.17, 15) is 5.11 Å². The minimum atomic E-state index is 0.512. The van der Waals surface area contributed by atoms with E-state index in [2.05, 4.69) is 28.8 Å².